The molecule has 0 aromatic heterocycles. The first-order valence-electron chi connectivity index (χ1n) is 4.36. The van der Waals surface area contributed by atoms with Gasteiger partial charge in [-0.3, -0.25) is 4.79 Å². The van der Waals surface area contributed by atoms with Crippen LogP contribution in [0.15, 0.2) is 12.7 Å². The fourth-order valence-corrected chi connectivity index (χ4v) is 1.91. The summed E-state index contributed by atoms with van der Waals surface area (Å²) in [6, 6.07) is 0. The van der Waals surface area contributed by atoms with Crippen molar-refractivity contribution in [3.05, 3.63) is 12.7 Å². The molecule has 17 heavy (non-hydrogen) atoms. The van der Waals surface area contributed by atoms with E-state index < -0.39 is 32.5 Å². The van der Waals surface area contributed by atoms with E-state index >= 15 is 0 Å². The zero-order valence-electron chi connectivity index (χ0n) is 8.45. The predicted molar refractivity (Wildman–Crippen MR) is 52.3 cm³/mol. The summed E-state index contributed by atoms with van der Waals surface area (Å²) in [6.45, 7) is 2.84. The molecule has 0 heterocycles. The maximum atomic E-state index is 12.1. The van der Waals surface area contributed by atoms with Crippen molar-refractivity contribution in [2.45, 2.75) is 18.0 Å². The highest BCUT2D eigenvalue weighted by atomic mass is 31.1. The summed E-state index contributed by atoms with van der Waals surface area (Å²) in [4.78, 5) is 10.6. The van der Waals surface area contributed by atoms with Gasteiger partial charge in [0.05, 0.1) is 0 Å². The first-order chi connectivity index (χ1) is 7.59. The van der Waals surface area contributed by atoms with Gasteiger partial charge in [-0.05, 0) is 12.2 Å². The van der Waals surface area contributed by atoms with Crippen LogP contribution in [0.25, 0.3) is 0 Å². The highest BCUT2D eigenvalue weighted by molar-refractivity contribution is 7.39. The molecule has 0 rings (SSSR count). The normalized spacial score (nSPS) is 13.4. The van der Waals surface area contributed by atoms with Crippen molar-refractivity contribution in [3.8, 4) is 0 Å². The van der Waals surface area contributed by atoms with E-state index in [1.165, 1.54) is 0 Å². The lowest BCUT2D eigenvalue weighted by Crippen LogP contribution is -2.39. The number of hydrogen-bond donors (Lipinski definition) is 1. The Morgan fingerprint density at radius 2 is 1.71 bits per heavy atom. The van der Waals surface area contributed by atoms with Crippen molar-refractivity contribution in [1.29, 1.82) is 0 Å². The Morgan fingerprint density at radius 1 is 1.24 bits per heavy atom. The number of nitrogens with one attached hydrogen (secondary N) is 1. The van der Waals surface area contributed by atoms with Crippen molar-refractivity contribution in [3.63, 3.8) is 0 Å². The standard InChI is InChI=1S/C8H10F6NOP/c1-2-5(16)15-3-4-17-6(7(9,10)11)8(12,13)14/h2,6,17H,1,3-4H2,(H,15,16). The average Bonchev–Trinajstić information content (AvgIpc) is 2.12. The molecule has 0 saturated heterocycles. The number of hydrogen-bond acceptors (Lipinski definition) is 1. The highest BCUT2D eigenvalue weighted by Crippen LogP contribution is 2.44. The topological polar surface area (TPSA) is 29.1 Å². The lowest BCUT2D eigenvalue weighted by atomic mass is 10.4. The molecule has 100 valence electrons. The molecule has 0 radical (unpaired) electrons. The van der Waals surface area contributed by atoms with Crippen molar-refractivity contribution in [2.75, 3.05) is 12.7 Å². The van der Waals surface area contributed by atoms with Gasteiger partial charge < -0.3 is 5.32 Å². The van der Waals surface area contributed by atoms with Gasteiger partial charge in [-0.2, -0.15) is 26.3 Å². The Hall–Kier alpha value is -0.780. The van der Waals surface area contributed by atoms with Crippen molar-refractivity contribution >= 4 is 14.5 Å². The molecule has 1 unspecified atom stereocenters. The molecule has 2 nitrogen and oxygen atoms in total. The minimum absolute atomic E-state index is 0.244. The Kier molecular flexibility index (Phi) is 5.95. The molecule has 0 aromatic rings. The number of rotatable bonds is 5. The molecule has 0 saturated carbocycles. The first-order valence-corrected chi connectivity index (χ1v) is 5.64. The van der Waals surface area contributed by atoms with Gasteiger partial charge in [0.25, 0.3) is 0 Å². The van der Waals surface area contributed by atoms with Crippen LogP contribution in [0, 0.1) is 0 Å². The summed E-state index contributed by atoms with van der Waals surface area (Å²) in [5.41, 5.74) is -3.32. The van der Waals surface area contributed by atoms with Crippen molar-refractivity contribution < 1.29 is 31.1 Å². The molecule has 0 spiro atoms. The minimum atomic E-state index is -5.31. The van der Waals surface area contributed by atoms with Gasteiger partial charge in [0, 0.05) is 6.54 Å². The first kappa shape index (κ1) is 16.2. The van der Waals surface area contributed by atoms with Crippen LogP contribution in [-0.2, 0) is 4.79 Å². The molecule has 0 aliphatic carbocycles. The van der Waals surface area contributed by atoms with Gasteiger partial charge in [-0.1, -0.05) is 15.2 Å². The Morgan fingerprint density at radius 3 is 2.06 bits per heavy atom. The van der Waals surface area contributed by atoms with E-state index in [4.69, 9.17) is 0 Å². The summed E-state index contributed by atoms with van der Waals surface area (Å²) in [7, 11) is -1.37. The van der Waals surface area contributed by atoms with Gasteiger partial charge >= 0.3 is 12.4 Å². The van der Waals surface area contributed by atoms with E-state index in [0.717, 1.165) is 6.08 Å². The summed E-state index contributed by atoms with van der Waals surface area (Å²) < 4.78 is 72.3. The van der Waals surface area contributed by atoms with E-state index in [2.05, 4.69) is 11.9 Å². The number of halogens is 6. The number of carbonyl (C=O) groups is 1. The maximum absolute atomic E-state index is 12.1. The number of amides is 1. The van der Waals surface area contributed by atoms with E-state index in [0.29, 0.717) is 0 Å². The molecule has 1 atom stereocenters. The van der Waals surface area contributed by atoms with Crippen LogP contribution in [-0.4, -0.2) is 36.6 Å². The smallest absolute Gasteiger partial charge is 0.352 e. The minimum Gasteiger partial charge on any atom is -0.352 e. The van der Waals surface area contributed by atoms with Gasteiger partial charge in [0.2, 0.25) is 5.91 Å². The van der Waals surface area contributed by atoms with Gasteiger partial charge in [-0.25, -0.2) is 0 Å². The largest absolute Gasteiger partial charge is 0.404 e. The van der Waals surface area contributed by atoms with Crippen LogP contribution < -0.4 is 5.32 Å². The zero-order valence-corrected chi connectivity index (χ0v) is 9.45. The second-order valence-electron chi connectivity index (χ2n) is 2.97. The monoisotopic (exact) mass is 281 g/mol. The van der Waals surface area contributed by atoms with Crippen LogP contribution in [0.3, 0.4) is 0 Å². The lowest BCUT2D eigenvalue weighted by molar-refractivity contribution is -0.225. The molecular weight excluding hydrogens is 271 g/mol. The molecule has 9 heteroatoms. The number of alkyl halides is 6. The van der Waals surface area contributed by atoms with Crippen molar-refractivity contribution in [1.82, 2.24) is 5.32 Å². The van der Waals surface area contributed by atoms with Crippen molar-refractivity contribution in [2.24, 2.45) is 0 Å². The van der Waals surface area contributed by atoms with Crippen LogP contribution in [0.1, 0.15) is 0 Å². The molecule has 1 N–H and O–H groups in total. The van der Waals surface area contributed by atoms with Crippen LogP contribution in [0.4, 0.5) is 26.3 Å². The SMILES string of the molecule is C=CC(=O)NCCPC(C(F)(F)F)C(F)(F)F. The van der Waals surface area contributed by atoms with Gasteiger partial charge in [0.15, 0.2) is 5.66 Å². The highest BCUT2D eigenvalue weighted by Gasteiger charge is 2.55. The third-order valence-corrected chi connectivity index (χ3v) is 3.21. The average molecular weight is 281 g/mol. The summed E-state index contributed by atoms with van der Waals surface area (Å²) >= 11 is 0. The van der Waals surface area contributed by atoms with Crippen LogP contribution >= 0.6 is 8.58 Å². The molecule has 0 aliphatic rings. The van der Waals surface area contributed by atoms with Crippen LogP contribution in [0.5, 0.6) is 0 Å². The van der Waals surface area contributed by atoms with E-state index in [1.807, 2.05) is 0 Å². The quantitative estimate of drug-likeness (QED) is 0.356. The second kappa shape index (κ2) is 6.23. The van der Waals surface area contributed by atoms with E-state index in [9.17, 15) is 31.1 Å². The molecule has 0 aromatic carbocycles. The molecule has 0 fully saturated rings. The lowest BCUT2D eigenvalue weighted by Gasteiger charge is -2.22. The van der Waals surface area contributed by atoms with Gasteiger partial charge in [-0.15, -0.1) is 0 Å². The summed E-state index contributed by atoms with van der Waals surface area (Å²) in [6.07, 6.45) is -10.1. The van der Waals surface area contributed by atoms with Crippen LogP contribution in [0.2, 0.25) is 0 Å². The Bertz CT molecular complexity index is 260. The summed E-state index contributed by atoms with van der Waals surface area (Å²) in [5.74, 6) is -0.634. The summed E-state index contributed by atoms with van der Waals surface area (Å²) in [5, 5.41) is 2.11. The fourth-order valence-electron chi connectivity index (χ4n) is 0.891. The molecule has 1 amide bonds. The third kappa shape index (κ3) is 6.51. The Labute approximate surface area is 95.2 Å². The zero-order chi connectivity index (χ0) is 13.7. The van der Waals surface area contributed by atoms with E-state index in [-0.39, 0.29) is 12.7 Å². The number of carbonyl (C=O) groups excluding carboxylic acids is 1. The van der Waals surface area contributed by atoms with Gasteiger partial charge in [0.1, 0.15) is 0 Å². The third-order valence-electron chi connectivity index (χ3n) is 1.61. The predicted octanol–water partition coefficient (Wildman–Crippen LogP) is 2.46. The molecular formula is C8H10F6NOP. The van der Waals surface area contributed by atoms with E-state index in [1.54, 1.807) is 0 Å². The molecule has 0 bridgehead atoms. The Balaban J connectivity index is 4.21. The maximum Gasteiger partial charge on any atom is 0.404 e. The molecule has 0 aliphatic heterocycles. The fraction of sp³-hybridized carbons (Fsp3) is 0.625. The second-order valence-corrected chi connectivity index (χ2v) is 4.45.